The summed E-state index contributed by atoms with van der Waals surface area (Å²) in [5.41, 5.74) is 0.0864. The maximum Gasteiger partial charge on any atom is 0.355 e. The summed E-state index contributed by atoms with van der Waals surface area (Å²) in [5, 5.41) is 14.0. The van der Waals surface area contributed by atoms with E-state index < -0.39 is 5.97 Å². The predicted octanol–water partition coefficient (Wildman–Crippen LogP) is 2.33. The van der Waals surface area contributed by atoms with E-state index in [1.54, 1.807) is 0 Å². The second-order valence-electron chi connectivity index (χ2n) is 6.17. The van der Waals surface area contributed by atoms with Crippen LogP contribution in [-0.4, -0.2) is 28.5 Å². The molecule has 0 saturated heterocycles. The monoisotopic (exact) mass is 308 g/mol. The molecule has 3 unspecified atom stereocenters. The molecule has 1 aromatic heterocycles. The van der Waals surface area contributed by atoms with E-state index in [1.165, 1.54) is 42.4 Å². The van der Waals surface area contributed by atoms with Crippen molar-refractivity contribution in [2.45, 2.75) is 38.5 Å². The number of aromatic nitrogens is 1. The van der Waals surface area contributed by atoms with E-state index in [1.807, 2.05) is 0 Å². The Hall–Kier alpha value is -1.43. The van der Waals surface area contributed by atoms with Crippen molar-refractivity contribution in [1.82, 2.24) is 10.3 Å². The van der Waals surface area contributed by atoms with Crippen LogP contribution >= 0.6 is 11.3 Å². The van der Waals surface area contributed by atoms with E-state index in [4.69, 9.17) is 5.11 Å². The Morgan fingerprint density at radius 2 is 2.24 bits per heavy atom. The van der Waals surface area contributed by atoms with Crippen LogP contribution in [0.15, 0.2) is 5.38 Å². The Morgan fingerprint density at radius 1 is 1.38 bits per heavy atom. The number of rotatable bonds is 6. The van der Waals surface area contributed by atoms with E-state index in [-0.39, 0.29) is 11.6 Å². The van der Waals surface area contributed by atoms with Crippen LogP contribution in [0.25, 0.3) is 0 Å². The number of carboxylic acids is 1. The summed E-state index contributed by atoms with van der Waals surface area (Å²) >= 11 is 1.33. The van der Waals surface area contributed by atoms with Gasteiger partial charge in [0.2, 0.25) is 5.91 Å². The van der Waals surface area contributed by atoms with Crippen LogP contribution in [-0.2, 0) is 11.2 Å². The average Bonchev–Trinajstić information content (AvgIpc) is 3.13. The minimum Gasteiger partial charge on any atom is -0.476 e. The number of nitrogens with one attached hydrogen (secondary N) is 1. The van der Waals surface area contributed by atoms with Crippen LogP contribution in [0.3, 0.4) is 0 Å². The highest BCUT2D eigenvalue weighted by Crippen LogP contribution is 2.49. The number of carbonyl (C=O) groups excluding carboxylic acids is 1. The minimum absolute atomic E-state index is 0.0864. The molecule has 0 aliphatic heterocycles. The lowest BCUT2D eigenvalue weighted by Gasteiger charge is -2.20. The molecule has 0 radical (unpaired) electrons. The molecule has 0 aromatic carbocycles. The van der Waals surface area contributed by atoms with Gasteiger partial charge >= 0.3 is 5.97 Å². The standard InChI is InChI=1S/C15H20N2O3S/c18-13(7-11-6-9-1-2-10(11)5-9)16-4-3-14-17-12(8-21-14)15(19)20/h8-11H,1-7H2,(H,16,18)(H,19,20). The van der Waals surface area contributed by atoms with Crippen molar-refractivity contribution < 1.29 is 14.7 Å². The molecular weight excluding hydrogens is 288 g/mol. The van der Waals surface area contributed by atoms with Crippen molar-refractivity contribution in [3.05, 3.63) is 16.1 Å². The molecular formula is C15H20N2O3S. The third-order valence-electron chi connectivity index (χ3n) is 4.76. The minimum atomic E-state index is -1.00. The zero-order valence-electron chi connectivity index (χ0n) is 11.9. The third kappa shape index (κ3) is 3.43. The molecule has 6 heteroatoms. The lowest BCUT2D eigenvalue weighted by atomic mass is 9.86. The van der Waals surface area contributed by atoms with Crippen LogP contribution < -0.4 is 5.32 Å². The molecule has 21 heavy (non-hydrogen) atoms. The first-order valence-corrected chi connectivity index (χ1v) is 8.44. The second-order valence-corrected chi connectivity index (χ2v) is 7.11. The van der Waals surface area contributed by atoms with Gasteiger partial charge in [-0.25, -0.2) is 9.78 Å². The van der Waals surface area contributed by atoms with Gasteiger partial charge in [0, 0.05) is 24.8 Å². The number of carbonyl (C=O) groups is 2. The molecule has 114 valence electrons. The zero-order valence-corrected chi connectivity index (χ0v) is 12.7. The highest BCUT2D eigenvalue weighted by Gasteiger charge is 2.39. The van der Waals surface area contributed by atoms with E-state index in [9.17, 15) is 9.59 Å². The Bertz CT molecular complexity index is 543. The highest BCUT2D eigenvalue weighted by molar-refractivity contribution is 7.09. The molecule has 3 rings (SSSR count). The van der Waals surface area contributed by atoms with Crippen LogP contribution in [0, 0.1) is 17.8 Å². The van der Waals surface area contributed by atoms with Crippen molar-refractivity contribution in [2.75, 3.05) is 6.54 Å². The topological polar surface area (TPSA) is 79.3 Å². The van der Waals surface area contributed by atoms with E-state index >= 15 is 0 Å². The quantitative estimate of drug-likeness (QED) is 0.845. The smallest absolute Gasteiger partial charge is 0.355 e. The summed E-state index contributed by atoms with van der Waals surface area (Å²) in [5.74, 6) is 1.36. The van der Waals surface area contributed by atoms with Gasteiger partial charge in [-0.05, 0) is 37.0 Å². The Kier molecular flexibility index (Phi) is 4.24. The molecule has 1 aromatic rings. The van der Waals surface area contributed by atoms with Gasteiger partial charge < -0.3 is 10.4 Å². The first-order valence-electron chi connectivity index (χ1n) is 7.56. The Morgan fingerprint density at radius 3 is 2.86 bits per heavy atom. The number of amides is 1. The number of thiazole rings is 1. The highest BCUT2D eigenvalue weighted by atomic mass is 32.1. The summed E-state index contributed by atoms with van der Waals surface area (Å²) in [6.45, 7) is 0.534. The van der Waals surface area contributed by atoms with Gasteiger partial charge in [-0.1, -0.05) is 6.42 Å². The third-order valence-corrected chi connectivity index (χ3v) is 5.67. The summed E-state index contributed by atoms with van der Waals surface area (Å²) in [6.07, 6.45) is 6.47. The molecule has 1 amide bonds. The fraction of sp³-hybridized carbons (Fsp3) is 0.667. The normalized spacial score (nSPS) is 27.0. The molecule has 2 bridgehead atoms. The number of hydrogen-bond acceptors (Lipinski definition) is 4. The van der Waals surface area contributed by atoms with E-state index in [2.05, 4.69) is 10.3 Å². The lowest BCUT2D eigenvalue weighted by molar-refractivity contribution is -0.122. The Labute approximate surface area is 127 Å². The first kappa shape index (κ1) is 14.5. The van der Waals surface area contributed by atoms with Gasteiger partial charge in [0.15, 0.2) is 5.69 Å². The number of carboxylic acid groups (broad SMARTS) is 1. The predicted molar refractivity (Wildman–Crippen MR) is 79.3 cm³/mol. The SMILES string of the molecule is O=C(CC1CC2CCC1C2)NCCc1nc(C(=O)O)cs1. The van der Waals surface area contributed by atoms with E-state index in [0.29, 0.717) is 25.3 Å². The summed E-state index contributed by atoms with van der Waals surface area (Å²) in [4.78, 5) is 26.7. The van der Waals surface area contributed by atoms with E-state index in [0.717, 1.165) is 16.8 Å². The van der Waals surface area contributed by atoms with Crippen molar-refractivity contribution in [1.29, 1.82) is 0 Å². The summed E-state index contributed by atoms with van der Waals surface area (Å²) in [7, 11) is 0. The molecule has 2 N–H and O–H groups in total. The van der Waals surface area contributed by atoms with Gasteiger partial charge in [0.05, 0.1) is 5.01 Å². The first-order chi connectivity index (χ1) is 10.1. The molecule has 1 heterocycles. The number of hydrogen-bond donors (Lipinski definition) is 2. The average molecular weight is 308 g/mol. The van der Waals surface area contributed by atoms with Gasteiger partial charge in [-0.2, -0.15) is 0 Å². The summed E-state index contributed by atoms with van der Waals surface area (Å²) < 4.78 is 0. The fourth-order valence-electron chi connectivity index (χ4n) is 3.77. The zero-order chi connectivity index (χ0) is 14.8. The van der Waals surface area contributed by atoms with Crippen LogP contribution in [0.1, 0.15) is 47.6 Å². The molecule has 5 nitrogen and oxygen atoms in total. The van der Waals surface area contributed by atoms with Crippen molar-refractivity contribution in [3.8, 4) is 0 Å². The molecule has 2 saturated carbocycles. The maximum absolute atomic E-state index is 12.0. The van der Waals surface area contributed by atoms with Crippen molar-refractivity contribution in [2.24, 2.45) is 17.8 Å². The molecule has 2 aliphatic rings. The van der Waals surface area contributed by atoms with Crippen LogP contribution in [0.4, 0.5) is 0 Å². The van der Waals surface area contributed by atoms with Crippen molar-refractivity contribution in [3.63, 3.8) is 0 Å². The van der Waals surface area contributed by atoms with Gasteiger partial charge in [0.1, 0.15) is 0 Å². The summed E-state index contributed by atoms with van der Waals surface area (Å²) in [6, 6.07) is 0. The maximum atomic E-state index is 12.0. The number of nitrogens with zero attached hydrogens (tertiary/aromatic N) is 1. The number of fused-ring (bicyclic) bond motifs is 2. The number of aromatic carboxylic acids is 1. The molecule has 0 spiro atoms. The second kappa shape index (κ2) is 6.13. The van der Waals surface area contributed by atoms with Gasteiger partial charge in [-0.15, -0.1) is 11.3 Å². The van der Waals surface area contributed by atoms with Crippen LogP contribution in [0.5, 0.6) is 0 Å². The lowest BCUT2D eigenvalue weighted by Crippen LogP contribution is -2.29. The van der Waals surface area contributed by atoms with Crippen LogP contribution in [0.2, 0.25) is 0 Å². The largest absolute Gasteiger partial charge is 0.476 e. The molecule has 2 aliphatic carbocycles. The van der Waals surface area contributed by atoms with Gasteiger partial charge in [0.25, 0.3) is 0 Å². The van der Waals surface area contributed by atoms with Gasteiger partial charge in [-0.3, -0.25) is 4.79 Å². The fourth-order valence-corrected chi connectivity index (χ4v) is 4.54. The molecule has 2 fully saturated rings. The molecule has 3 atom stereocenters. The van der Waals surface area contributed by atoms with Crippen molar-refractivity contribution >= 4 is 23.2 Å². The Balaban J connectivity index is 1.38.